The fraction of sp³-hybridized carbons (Fsp3) is 0.400. The van der Waals surface area contributed by atoms with E-state index in [0.29, 0.717) is 11.1 Å². The van der Waals surface area contributed by atoms with Crippen LogP contribution in [0.15, 0.2) is 47.3 Å². The molecule has 2 aromatic carbocycles. The van der Waals surface area contributed by atoms with Crippen LogP contribution in [-0.4, -0.2) is 9.36 Å². The molecule has 33 heavy (non-hydrogen) atoms. The highest BCUT2D eigenvalue weighted by Crippen LogP contribution is 2.67. The van der Waals surface area contributed by atoms with Crippen molar-refractivity contribution in [3.8, 4) is 5.69 Å². The molecule has 5 rings (SSSR count). The Morgan fingerprint density at radius 3 is 2.30 bits per heavy atom. The van der Waals surface area contributed by atoms with E-state index >= 15 is 0 Å². The number of hydrogen-bond acceptors (Lipinski definition) is 1. The molecule has 3 nitrogen and oxygen atoms in total. The van der Waals surface area contributed by atoms with Crippen LogP contribution < -0.4 is 5.56 Å². The van der Waals surface area contributed by atoms with E-state index in [1.807, 2.05) is 0 Å². The van der Waals surface area contributed by atoms with E-state index in [2.05, 4.69) is 20.8 Å². The van der Waals surface area contributed by atoms with Gasteiger partial charge in [0.1, 0.15) is 11.5 Å². The second-order valence-electron chi connectivity index (χ2n) is 9.87. The molecule has 174 valence electrons. The van der Waals surface area contributed by atoms with Crippen LogP contribution in [0.25, 0.3) is 5.69 Å². The normalized spacial score (nSPS) is 23.2. The summed E-state index contributed by atoms with van der Waals surface area (Å²) in [5.41, 5.74) is 0.201. The molecule has 1 heterocycles. The highest BCUT2D eigenvalue weighted by molar-refractivity contribution is 5.48. The van der Waals surface area contributed by atoms with Crippen molar-refractivity contribution in [2.45, 2.75) is 57.7 Å². The number of rotatable bonds is 3. The van der Waals surface area contributed by atoms with Crippen molar-refractivity contribution >= 4 is 0 Å². The van der Waals surface area contributed by atoms with Gasteiger partial charge in [0.15, 0.2) is 5.82 Å². The van der Waals surface area contributed by atoms with Gasteiger partial charge >= 0.3 is 6.18 Å². The number of nitrogens with zero attached hydrogens (tertiary/aromatic N) is 2. The first kappa shape index (κ1) is 21.9. The monoisotopic (exact) mass is 462 g/mol. The molecule has 0 spiro atoms. The fourth-order valence-electron chi connectivity index (χ4n) is 5.90. The standard InChI is InChI=1S/C25H23F5N2O/c1-23(2)17-10-11-24(23,3)21-20(17)22(33)32(19-9-8-16(26)12-18(19)27)31(21)13-14-4-6-15(7-5-14)25(28,29)30/h4-9,12,17H,10-11,13H2,1-3H3/t17-,24+/m0/s1. The third-order valence-corrected chi connectivity index (χ3v) is 8.03. The Bertz CT molecular complexity index is 1320. The van der Waals surface area contributed by atoms with E-state index in [4.69, 9.17) is 0 Å². The predicted octanol–water partition coefficient (Wildman–Crippen LogP) is 6.16. The van der Waals surface area contributed by atoms with E-state index in [-0.39, 0.29) is 34.5 Å². The molecule has 1 saturated carbocycles. The molecule has 8 heteroatoms. The largest absolute Gasteiger partial charge is 0.416 e. The smallest absolute Gasteiger partial charge is 0.277 e. The van der Waals surface area contributed by atoms with Crippen molar-refractivity contribution in [3.05, 3.63) is 86.8 Å². The van der Waals surface area contributed by atoms with Crippen molar-refractivity contribution in [2.75, 3.05) is 0 Å². The van der Waals surface area contributed by atoms with Crippen LogP contribution >= 0.6 is 0 Å². The maximum atomic E-state index is 14.8. The second kappa shape index (κ2) is 6.81. The van der Waals surface area contributed by atoms with Gasteiger partial charge in [-0.3, -0.25) is 9.48 Å². The number of benzene rings is 2. The molecule has 2 aliphatic rings. The van der Waals surface area contributed by atoms with Gasteiger partial charge in [-0.25, -0.2) is 13.5 Å². The molecular weight excluding hydrogens is 439 g/mol. The van der Waals surface area contributed by atoms with Crippen molar-refractivity contribution in [2.24, 2.45) is 5.41 Å². The van der Waals surface area contributed by atoms with Crippen LogP contribution in [0.1, 0.15) is 61.9 Å². The molecule has 2 atom stereocenters. The van der Waals surface area contributed by atoms with Crippen LogP contribution in [-0.2, 0) is 18.1 Å². The van der Waals surface area contributed by atoms with Crippen molar-refractivity contribution in [1.29, 1.82) is 0 Å². The van der Waals surface area contributed by atoms with E-state index < -0.39 is 23.4 Å². The molecule has 2 aliphatic carbocycles. The zero-order valence-electron chi connectivity index (χ0n) is 18.4. The summed E-state index contributed by atoms with van der Waals surface area (Å²) in [6.07, 6.45) is -2.77. The second-order valence-corrected chi connectivity index (χ2v) is 9.87. The molecule has 0 saturated heterocycles. The fourth-order valence-corrected chi connectivity index (χ4v) is 5.90. The van der Waals surface area contributed by atoms with Gasteiger partial charge in [-0.1, -0.05) is 32.9 Å². The summed E-state index contributed by atoms with van der Waals surface area (Å²) < 4.78 is 70.3. The van der Waals surface area contributed by atoms with Gasteiger partial charge in [0.05, 0.1) is 17.8 Å². The Morgan fingerprint density at radius 1 is 1.03 bits per heavy atom. The first-order valence-electron chi connectivity index (χ1n) is 10.8. The van der Waals surface area contributed by atoms with Crippen LogP contribution in [0.4, 0.5) is 22.0 Å². The topological polar surface area (TPSA) is 26.9 Å². The number of hydrogen-bond donors (Lipinski definition) is 0. The Labute approximate surface area is 187 Å². The van der Waals surface area contributed by atoms with E-state index in [1.165, 1.54) is 22.9 Å². The molecular formula is C25H23F5N2O. The van der Waals surface area contributed by atoms with Crippen molar-refractivity contribution in [3.63, 3.8) is 0 Å². The lowest BCUT2D eigenvalue weighted by Crippen LogP contribution is -2.36. The van der Waals surface area contributed by atoms with Crippen LogP contribution in [0, 0.1) is 17.0 Å². The maximum absolute atomic E-state index is 14.8. The average Bonchev–Trinajstić information content (AvgIpc) is 3.20. The molecule has 0 unspecified atom stereocenters. The number of fused-ring (bicyclic) bond motifs is 5. The van der Waals surface area contributed by atoms with Gasteiger partial charge in [0.2, 0.25) is 0 Å². The SMILES string of the molecule is CC1(C)[C@H]2CC[C@]1(C)c1c2c(=O)n(-c2ccc(F)cc2F)n1Cc1ccc(C(F)(F)F)cc1. The summed E-state index contributed by atoms with van der Waals surface area (Å²) >= 11 is 0. The summed E-state index contributed by atoms with van der Waals surface area (Å²) in [7, 11) is 0. The summed E-state index contributed by atoms with van der Waals surface area (Å²) in [5, 5.41) is 0. The van der Waals surface area contributed by atoms with Gasteiger partial charge in [-0.15, -0.1) is 0 Å². The highest BCUT2D eigenvalue weighted by Gasteiger charge is 2.62. The summed E-state index contributed by atoms with van der Waals surface area (Å²) in [4.78, 5) is 13.6. The third-order valence-electron chi connectivity index (χ3n) is 8.03. The summed E-state index contributed by atoms with van der Waals surface area (Å²) in [6, 6.07) is 7.77. The first-order valence-corrected chi connectivity index (χ1v) is 10.8. The zero-order chi connectivity index (χ0) is 23.9. The summed E-state index contributed by atoms with van der Waals surface area (Å²) in [5.74, 6) is -1.64. The Kier molecular flexibility index (Phi) is 4.52. The molecule has 3 aromatic rings. The van der Waals surface area contributed by atoms with Gasteiger partial charge in [-0.05, 0) is 54.0 Å². The molecule has 0 aliphatic heterocycles. The first-order chi connectivity index (χ1) is 15.4. The number of alkyl halides is 3. The quantitative estimate of drug-likeness (QED) is 0.429. The molecule has 0 amide bonds. The van der Waals surface area contributed by atoms with Crippen molar-refractivity contribution < 1.29 is 22.0 Å². The predicted molar refractivity (Wildman–Crippen MR) is 114 cm³/mol. The Hall–Kier alpha value is -2.90. The minimum atomic E-state index is -4.46. The molecule has 1 fully saturated rings. The number of halogens is 5. The lowest BCUT2D eigenvalue weighted by Gasteiger charge is -2.36. The van der Waals surface area contributed by atoms with E-state index in [1.54, 1.807) is 4.68 Å². The van der Waals surface area contributed by atoms with Gasteiger partial charge in [0, 0.05) is 17.0 Å². The van der Waals surface area contributed by atoms with Gasteiger partial charge in [-0.2, -0.15) is 13.2 Å². The molecule has 1 aromatic heterocycles. The highest BCUT2D eigenvalue weighted by atomic mass is 19.4. The Morgan fingerprint density at radius 2 is 1.70 bits per heavy atom. The van der Waals surface area contributed by atoms with E-state index in [9.17, 15) is 26.7 Å². The molecule has 0 radical (unpaired) electrons. The molecule has 2 bridgehead atoms. The van der Waals surface area contributed by atoms with E-state index in [0.717, 1.165) is 42.8 Å². The molecule has 0 N–H and O–H groups in total. The Balaban J connectivity index is 1.72. The average molecular weight is 462 g/mol. The zero-order valence-corrected chi connectivity index (χ0v) is 18.4. The van der Waals surface area contributed by atoms with Gasteiger partial charge in [0.25, 0.3) is 5.56 Å². The minimum absolute atomic E-state index is 0.00591. The maximum Gasteiger partial charge on any atom is 0.416 e. The third kappa shape index (κ3) is 2.95. The minimum Gasteiger partial charge on any atom is -0.277 e. The van der Waals surface area contributed by atoms with Gasteiger partial charge < -0.3 is 0 Å². The lowest BCUT2D eigenvalue weighted by atomic mass is 9.70. The van der Waals surface area contributed by atoms with Crippen molar-refractivity contribution in [1.82, 2.24) is 9.36 Å². The van der Waals surface area contributed by atoms with Crippen LogP contribution in [0.3, 0.4) is 0 Å². The summed E-state index contributed by atoms with van der Waals surface area (Å²) in [6.45, 7) is 6.41. The van der Waals surface area contributed by atoms with Crippen LogP contribution in [0.5, 0.6) is 0 Å². The lowest BCUT2D eigenvalue weighted by molar-refractivity contribution is -0.137. The number of aromatic nitrogens is 2. The van der Waals surface area contributed by atoms with Crippen LogP contribution in [0.2, 0.25) is 0 Å².